The van der Waals surface area contributed by atoms with Gasteiger partial charge in [0.25, 0.3) is 0 Å². The fraction of sp³-hybridized carbons (Fsp3) is 0.857. The van der Waals surface area contributed by atoms with Crippen molar-refractivity contribution in [3.8, 4) is 0 Å². The van der Waals surface area contributed by atoms with E-state index in [0.717, 1.165) is 42.6 Å². The van der Waals surface area contributed by atoms with Gasteiger partial charge < -0.3 is 5.11 Å². The van der Waals surface area contributed by atoms with Gasteiger partial charge in [-0.05, 0) is 98.4 Å². The van der Waals surface area contributed by atoms with Gasteiger partial charge in [0.2, 0.25) is 0 Å². The first-order valence-corrected chi connectivity index (χ1v) is 9.74. The van der Waals surface area contributed by atoms with Crippen LogP contribution in [0.5, 0.6) is 0 Å². The topological polar surface area (TPSA) is 37.3 Å². The van der Waals surface area contributed by atoms with Crippen molar-refractivity contribution in [3.63, 3.8) is 0 Å². The minimum atomic E-state index is -0.0745. The van der Waals surface area contributed by atoms with Crippen molar-refractivity contribution in [3.05, 3.63) is 11.6 Å². The molecule has 4 rings (SSSR count). The van der Waals surface area contributed by atoms with Crippen LogP contribution in [0.3, 0.4) is 0 Å². The van der Waals surface area contributed by atoms with E-state index in [4.69, 9.17) is 0 Å². The van der Waals surface area contributed by atoms with Gasteiger partial charge in [-0.15, -0.1) is 0 Å². The summed E-state index contributed by atoms with van der Waals surface area (Å²) in [5, 5.41) is 10.5. The third-order valence-corrected chi connectivity index (χ3v) is 8.72. The van der Waals surface area contributed by atoms with Crippen LogP contribution in [0.1, 0.15) is 72.1 Å². The quantitative estimate of drug-likeness (QED) is 0.772. The Morgan fingerprint density at radius 1 is 1.09 bits per heavy atom. The predicted molar refractivity (Wildman–Crippen MR) is 91.9 cm³/mol. The molecule has 0 heterocycles. The van der Waals surface area contributed by atoms with E-state index in [9.17, 15) is 9.90 Å². The highest BCUT2D eigenvalue weighted by Crippen LogP contribution is 2.65. The van der Waals surface area contributed by atoms with Crippen LogP contribution in [-0.4, -0.2) is 17.0 Å². The highest BCUT2D eigenvalue weighted by Gasteiger charge is 2.59. The number of hydrogen-bond acceptors (Lipinski definition) is 2. The molecule has 2 heteroatoms. The van der Waals surface area contributed by atoms with Crippen LogP contribution < -0.4 is 0 Å². The number of carbonyl (C=O) groups is 1. The molecular formula is C21H32O2. The highest BCUT2D eigenvalue weighted by molar-refractivity contribution is 5.93. The molecule has 0 amide bonds. The van der Waals surface area contributed by atoms with Crippen molar-refractivity contribution in [1.29, 1.82) is 0 Å². The minimum Gasteiger partial charge on any atom is -0.393 e. The van der Waals surface area contributed by atoms with E-state index in [0.29, 0.717) is 11.3 Å². The average Bonchev–Trinajstić information content (AvgIpc) is 2.82. The van der Waals surface area contributed by atoms with Gasteiger partial charge in [0.15, 0.2) is 5.78 Å². The average molecular weight is 316 g/mol. The zero-order valence-corrected chi connectivity index (χ0v) is 15.0. The summed E-state index contributed by atoms with van der Waals surface area (Å²) >= 11 is 0. The maximum absolute atomic E-state index is 11.8. The first-order valence-electron chi connectivity index (χ1n) is 9.74. The standard InChI is InChI=1S/C21H32O2/c1-13(22)14-8-10-20(2)15(12-14)4-5-16-17-6-7-19(23)21(17,3)11-9-18(16)20/h8,15-19,23H,4-7,9-12H2,1-3H3/t15-,16+,17+,18+,19+,20+,21+/m1/s1. The van der Waals surface area contributed by atoms with Gasteiger partial charge in [-0.3, -0.25) is 4.79 Å². The summed E-state index contributed by atoms with van der Waals surface area (Å²) in [5.41, 5.74) is 1.65. The molecule has 0 spiro atoms. The number of aliphatic hydroxyl groups excluding tert-OH is 1. The van der Waals surface area contributed by atoms with Crippen molar-refractivity contribution in [2.45, 2.75) is 78.2 Å². The van der Waals surface area contributed by atoms with Crippen LogP contribution in [0, 0.1) is 34.5 Å². The second-order valence-corrected chi connectivity index (χ2v) is 9.49. The molecule has 0 aromatic heterocycles. The molecule has 1 N–H and O–H groups in total. The minimum absolute atomic E-state index is 0.0745. The lowest BCUT2D eigenvalue weighted by Gasteiger charge is -2.59. The van der Waals surface area contributed by atoms with E-state index in [2.05, 4.69) is 19.9 Å². The van der Waals surface area contributed by atoms with Gasteiger partial charge in [0.1, 0.15) is 0 Å². The van der Waals surface area contributed by atoms with Crippen molar-refractivity contribution in [1.82, 2.24) is 0 Å². The summed E-state index contributed by atoms with van der Waals surface area (Å²) in [5.74, 6) is 3.31. The van der Waals surface area contributed by atoms with E-state index in [1.165, 1.54) is 32.1 Å². The molecule has 3 saturated carbocycles. The highest BCUT2D eigenvalue weighted by atomic mass is 16.3. The molecule has 0 bridgehead atoms. The Morgan fingerprint density at radius 3 is 2.57 bits per heavy atom. The number of aliphatic hydroxyl groups is 1. The third-order valence-electron chi connectivity index (χ3n) is 8.72. The number of allylic oxidation sites excluding steroid dienone is 2. The first kappa shape index (κ1) is 15.9. The Balaban J connectivity index is 1.63. The number of carbonyl (C=O) groups excluding carboxylic acids is 1. The van der Waals surface area contributed by atoms with E-state index in [1.807, 2.05) is 0 Å². The van der Waals surface area contributed by atoms with Crippen LogP contribution in [-0.2, 0) is 4.79 Å². The normalized spacial score (nSPS) is 52.2. The van der Waals surface area contributed by atoms with Crippen LogP contribution >= 0.6 is 0 Å². The third kappa shape index (κ3) is 2.13. The second kappa shape index (κ2) is 5.18. The Morgan fingerprint density at radius 2 is 1.83 bits per heavy atom. The van der Waals surface area contributed by atoms with Crippen molar-refractivity contribution >= 4 is 5.78 Å². The molecule has 0 aliphatic heterocycles. The zero-order chi connectivity index (χ0) is 16.4. The van der Waals surface area contributed by atoms with Gasteiger partial charge in [-0.2, -0.15) is 0 Å². The summed E-state index contributed by atoms with van der Waals surface area (Å²) in [6, 6.07) is 0. The number of ketones is 1. The predicted octanol–water partition coefficient (Wildman–Crippen LogP) is 4.52. The lowest BCUT2D eigenvalue weighted by Crippen LogP contribution is -2.53. The molecule has 128 valence electrons. The van der Waals surface area contributed by atoms with Crippen LogP contribution in [0.25, 0.3) is 0 Å². The van der Waals surface area contributed by atoms with Gasteiger partial charge >= 0.3 is 0 Å². The smallest absolute Gasteiger partial charge is 0.155 e. The Labute approximate surface area is 140 Å². The Bertz CT molecular complexity index is 550. The van der Waals surface area contributed by atoms with Crippen molar-refractivity contribution in [2.75, 3.05) is 0 Å². The maximum Gasteiger partial charge on any atom is 0.155 e. The molecule has 4 aliphatic carbocycles. The first-order chi connectivity index (χ1) is 10.9. The summed E-state index contributed by atoms with van der Waals surface area (Å²) < 4.78 is 0. The largest absolute Gasteiger partial charge is 0.393 e. The van der Waals surface area contributed by atoms with E-state index < -0.39 is 0 Å². The number of fused-ring (bicyclic) bond motifs is 5. The molecule has 7 atom stereocenters. The maximum atomic E-state index is 11.8. The molecule has 0 aromatic carbocycles. The molecular weight excluding hydrogens is 284 g/mol. The SMILES string of the molecule is CC(=O)C1=CC[C@@]2(C)[C@H](CC[C@@H]3[C@@H]2CC[C@]2(C)[C@@H](O)CC[C@@H]32)C1. The van der Waals surface area contributed by atoms with E-state index >= 15 is 0 Å². The van der Waals surface area contributed by atoms with Crippen LogP contribution in [0.4, 0.5) is 0 Å². The Hall–Kier alpha value is -0.630. The summed E-state index contributed by atoms with van der Waals surface area (Å²) in [6.07, 6.45) is 11.6. The fourth-order valence-electron chi connectivity index (χ4n) is 7.14. The molecule has 0 saturated heterocycles. The summed E-state index contributed by atoms with van der Waals surface area (Å²) in [6.45, 7) is 6.59. The van der Waals surface area contributed by atoms with Crippen LogP contribution in [0.15, 0.2) is 11.6 Å². The lowest BCUT2D eigenvalue weighted by molar-refractivity contribution is -0.118. The van der Waals surface area contributed by atoms with Crippen molar-refractivity contribution < 1.29 is 9.90 Å². The second-order valence-electron chi connectivity index (χ2n) is 9.49. The van der Waals surface area contributed by atoms with Gasteiger partial charge in [0, 0.05) is 0 Å². The Kier molecular flexibility index (Phi) is 3.58. The summed E-state index contributed by atoms with van der Waals surface area (Å²) in [4.78, 5) is 11.8. The molecule has 23 heavy (non-hydrogen) atoms. The number of Topliss-reactive ketones (excluding diaryl/α,β-unsaturated/α-hetero) is 1. The molecule has 0 radical (unpaired) electrons. The van der Waals surface area contributed by atoms with E-state index in [1.54, 1.807) is 6.92 Å². The molecule has 2 nitrogen and oxygen atoms in total. The fourth-order valence-corrected chi connectivity index (χ4v) is 7.14. The summed E-state index contributed by atoms with van der Waals surface area (Å²) in [7, 11) is 0. The molecule has 0 unspecified atom stereocenters. The zero-order valence-electron chi connectivity index (χ0n) is 15.0. The number of hydrogen-bond donors (Lipinski definition) is 1. The van der Waals surface area contributed by atoms with Gasteiger partial charge in [-0.25, -0.2) is 0 Å². The van der Waals surface area contributed by atoms with E-state index in [-0.39, 0.29) is 17.3 Å². The van der Waals surface area contributed by atoms with Crippen LogP contribution in [0.2, 0.25) is 0 Å². The van der Waals surface area contributed by atoms with Gasteiger partial charge in [-0.1, -0.05) is 19.9 Å². The molecule has 3 fully saturated rings. The van der Waals surface area contributed by atoms with Crippen molar-refractivity contribution in [2.24, 2.45) is 34.5 Å². The monoisotopic (exact) mass is 316 g/mol. The molecule has 4 aliphatic rings. The number of rotatable bonds is 1. The molecule has 0 aromatic rings. The lowest BCUT2D eigenvalue weighted by atomic mass is 9.45. The van der Waals surface area contributed by atoms with Gasteiger partial charge in [0.05, 0.1) is 6.10 Å².